The second kappa shape index (κ2) is 6.69. The molecule has 1 unspecified atom stereocenters. The van der Waals surface area contributed by atoms with Gasteiger partial charge in [0.15, 0.2) is 5.82 Å². The first kappa shape index (κ1) is 14.9. The van der Waals surface area contributed by atoms with Crippen LogP contribution in [0.3, 0.4) is 0 Å². The first-order chi connectivity index (χ1) is 8.91. The Hall–Kier alpha value is -2.15. The molecule has 7 nitrogen and oxygen atoms in total. The van der Waals surface area contributed by atoms with Gasteiger partial charge in [-0.3, -0.25) is 9.59 Å². The Balaban J connectivity index is 2.69. The zero-order valence-electron chi connectivity index (χ0n) is 11.0. The van der Waals surface area contributed by atoms with E-state index in [2.05, 4.69) is 10.3 Å². The number of nitrogens with one attached hydrogen (secondary N) is 1. The Morgan fingerprint density at radius 1 is 1.53 bits per heavy atom. The summed E-state index contributed by atoms with van der Waals surface area (Å²) in [5.41, 5.74) is 6.17. The van der Waals surface area contributed by atoms with Crippen molar-refractivity contribution < 1.29 is 14.7 Å². The van der Waals surface area contributed by atoms with Crippen molar-refractivity contribution in [1.29, 1.82) is 0 Å². The predicted octanol–water partition coefficient (Wildman–Crippen LogP) is 0.278. The number of carboxylic acid groups (broad SMARTS) is 1. The van der Waals surface area contributed by atoms with Crippen LogP contribution in [0.15, 0.2) is 18.3 Å². The molecule has 7 heteroatoms. The fourth-order valence-corrected chi connectivity index (χ4v) is 1.49. The Kier molecular flexibility index (Phi) is 5.25. The van der Waals surface area contributed by atoms with Crippen LogP contribution in [0, 0.1) is 0 Å². The van der Waals surface area contributed by atoms with Crippen molar-refractivity contribution in [2.24, 2.45) is 5.73 Å². The first-order valence-corrected chi connectivity index (χ1v) is 5.82. The van der Waals surface area contributed by atoms with E-state index >= 15 is 0 Å². The van der Waals surface area contributed by atoms with Crippen LogP contribution in [0.1, 0.15) is 12.8 Å². The summed E-state index contributed by atoms with van der Waals surface area (Å²) in [6.45, 7) is 0. The quantitative estimate of drug-likeness (QED) is 0.682. The molecule has 0 saturated heterocycles. The zero-order valence-corrected chi connectivity index (χ0v) is 11.0. The van der Waals surface area contributed by atoms with Crippen LogP contribution in [-0.2, 0) is 9.59 Å². The molecule has 0 saturated carbocycles. The maximum atomic E-state index is 11.8. The molecule has 0 aromatic carbocycles. The highest BCUT2D eigenvalue weighted by atomic mass is 16.4. The molecule has 0 aliphatic rings. The molecule has 19 heavy (non-hydrogen) atoms. The van der Waals surface area contributed by atoms with E-state index in [-0.39, 0.29) is 12.8 Å². The van der Waals surface area contributed by atoms with Gasteiger partial charge in [0.1, 0.15) is 0 Å². The normalized spacial score (nSPS) is 11.7. The zero-order chi connectivity index (χ0) is 14.4. The number of nitrogens with zero attached hydrogens (tertiary/aromatic N) is 2. The second-order valence-corrected chi connectivity index (χ2v) is 4.30. The highest BCUT2D eigenvalue weighted by Gasteiger charge is 2.17. The average molecular weight is 266 g/mol. The van der Waals surface area contributed by atoms with E-state index in [4.69, 9.17) is 10.8 Å². The summed E-state index contributed by atoms with van der Waals surface area (Å²) in [6, 6.07) is 2.56. The molecule has 0 bridgehead atoms. The van der Waals surface area contributed by atoms with Gasteiger partial charge < -0.3 is 21.1 Å². The van der Waals surface area contributed by atoms with Gasteiger partial charge in [-0.2, -0.15) is 0 Å². The summed E-state index contributed by atoms with van der Waals surface area (Å²) >= 11 is 0. The first-order valence-electron chi connectivity index (χ1n) is 5.82. The molecule has 1 amide bonds. The third-order valence-electron chi connectivity index (χ3n) is 2.47. The minimum absolute atomic E-state index is 0.0960. The van der Waals surface area contributed by atoms with E-state index in [1.165, 1.54) is 0 Å². The molecule has 0 spiro atoms. The summed E-state index contributed by atoms with van der Waals surface area (Å²) in [6.07, 6.45) is 1.58. The Bertz CT molecular complexity index is 462. The maximum Gasteiger partial charge on any atom is 0.303 e. The molecular formula is C12H18N4O3. The molecule has 4 N–H and O–H groups in total. The van der Waals surface area contributed by atoms with Crippen molar-refractivity contribution in [3.05, 3.63) is 18.3 Å². The summed E-state index contributed by atoms with van der Waals surface area (Å²) in [5, 5.41) is 11.2. The lowest BCUT2D eigenvalue weighted by Gasteiger charge is -2.17. The van der Waals surface area contributed by atoms with Crippen molar-refractivity contribution in [2.75, 3.05) is 24.3 Å². The van der Waals surface area contributed by atoms with E-state index in [0.29, 0.717) is 11.5 Å². The predicted molar refractivity (Wildman–Crippen MR) is 72.0 cm³/mol. The lowest BCUT2D eigenvalue weighted by Crippen LogP contribution is -2.36. The maximum absolute atomic E-state index is 11.8. The van der Waals surface area contributed by atoms with E-state index in [1.807, 2.05) is 14.1 Å². The molecule has 0 radical (unpaired) electrons. The lowest BCUT2D eigenvalue weighted by atomic mass is 10.1. The number of anilines is 2. The molecule has 1 atom stereocenters. The van der Waals surface area contributed by atoms with E-state index in [9.17, 15) is 9.59 Å². The molecule has 0 aliphatic carbocycles. The monoisotopic (exact) mass is 266 g/mol. The van der Waals surface area contributed by atoms with Crippen molar-refractivity contribution in [1.82, 2.24) is 4.98 Å². The standard InChI is InChI=1S/C12H18N4O3/c1-16(2)11-9(4-3-7-14-11)15-12(19)8(13)5-6-10(17)18/h3-4,7-8H,5-6,13H2,1-2H3,(H,15,19)(H,17,18). The van der Waals surface area contributed by atoms with Crippen LogP contribution in [0.4, 0.5) is 11.5 Å². The topological polar surface area (TPSA) is 109 Å². The van der Waals surface area contributed by atoms with Gasteiger partial charge in [0.05, 0.1) is 11.7 Å². The molecule has 1 rings (SSSR count). The number of carbonyl (C=O) groups excluding carboxylic acids is 1. The Labute approximate surface area is 111 Å². The third kappa shape index (κ3) is 4.55. The van der Waals surface area contributed by atoms with Gasteiger partial charge in [0.25, 0.3) is 0 Å². The van der Waals surface area contributed by atoms with Gasteiger partial charge in [-0.15, -0.1) is 0 Å². The number of aliphatic carboxylic acids is 1. The number of hydrogen-bond donors (Lipinski definition) is 3. The number of rotatable bonds is 6. The number of aromatic nitrogens is 1. The molecule has 0 fully saturated rings. The second-order valence-electron chi connectivity index (χ2n) is 4.30. The van der Waals surface area contributed by atoms with Gasteiger partial charge in [0.2, 0.25) is 5.91 Å². The number of pyridine rings is 1. The van der Waals surface area contributed by atoms with Crippen LogP contribution in [-0.4, -0.2) is 42.1 Å². The molecular weight excluding hydrogens is 248 g/mol. The molecule has 1 heterocycles. The largest absolute Gasteiger partial charge is 0.481 e. The van der Waals surface area contributed by atoms with Crippen molar-refractivity contribution in [3.8, 4) is 0 Å². The Morgan fingerprint density at radius 3 is 2.79 bits per heavy atom. The molecule has 104 valence electrons. The highest BCUT2D eigenvalue weighted by molar-refractivity contribution is 5.97. The SMILES string of the molecule is CN(C)c1ncccc1NC(=O)C(N)CCC(=O)O. The average Bonchev–Trinajstić information content (AvgIpc) is 2.36. The summed E-state index contributed by atoms with van der Waals surface area (Å²) in [4.78, 5) is 28.2. The van der Waals surface area contributed by atoms with Crippen LogP contribution < -0.4 is 16.0 Å². The van der Waals surface area contributed by atoms with Crippen LogP contribution in [0.25, 0.3) is 0 Å². The van der Waals surface area contributed by atoms with Gasteiger partial charge >= 0.3 is 5.97 Å². The lowest BCUT2D eigenvalue weighted by molar-refractivity contribution is -0.137. The van der Waals surface area contributed by atoms with Crippen LogP contribution in [0.2, 0.25) is 0 Å². The van der Waals surface area contributed by atoms with E-state index in [0.717, 1.165) is 0 Å². The van der Waals surface area contributed by atoms with Crippen molar-refractivity contribution in [2.45, 2.75) is 18.9 Å². The van der Waals surface area contributed by atoms with Crippen molar-refractivity contribution >= 4 is 23.4 Å². The number of carbonyl (C=O) groups is 2. The van der Waals surface area contributed by atoms with E-state index < -0.39 is 17.9 Å². The van der Waals surface area contributed by atoms with Crippen LogP contribution in [0.5, 0.6) is 0 Å². The smallest absolute Gasteiger partial charge is 0.303 e. The summed E-state index contributed by atoms with van der Waals surface area (Å²) in [7, 11) is 3.62. The summed E-state index contributed by atoms with van der Waals surface area (Å²) < 4.78 is 0. The van der Waals surface area contributed by atoms with Gasteiger partial charge in [0, 0.05) is 26.7 Å². The van der Waals surface area contributed by atoms with Gasteiger partial charge in [-0.05, 0) is 18.6 Å². The molecule has 1 aromatic rings. The van der Waals surface area contributed by atoms with E-state index in [1.54, 1.807) is 23.2 Å². The fourth-order valence-electron chi connectivity index (χ4n) is 1.49. The molecule has 1 aromatic heterocycles. The van der Waals surface area contributed by atoms with Gasteiger partial charge in [-0.25, -0.2) is 4.98 Å². The number of hydrogen-bond acceptors (Lipinski definition) is 5. The number of amides is 1. The number of carboxylic acids is 1. The Morgan fingerprint density at radius 2 is 2.21 bits per heavy atom. The third-order valence-corrected chi connectivity index (χ3v) is 2.47. The molecule has 0 aliphatic heterocycles. The van der Waals surface area contributed by atoms with Crippen molar-refractivity contribution in [3.63, 3.8) is 0 Å². The minimum Gasteiger partial charge on any atom is -0.481 e. The number of nitrogens with two attached hydrogens (primary N) is 1. The van der Waals surface area contributed by atoms with Gasteiger partial charge in [-0.1, -0.05) is 0 Å². The van der Waals surface area contributed by atoms with Crippen LogP contribution >= 0.6 is 0 Å². The summed E-state index contributed by atoms with van der Waals surface area (Å²) in [5.74, 6) is -0.780. The highest BCUT2D eigenvalue weighted by Crippen LogP contribution is 2.20. The fraction of sp³-hybridized carbons (Fsp3) is 0.417. The minimum atomic E-state index is -0.974.